The maximum Gasteiger partial charge on any atom is 0.253 e. The molecule has 3 nitrogen and oxygen atoms in total. The van der Waals surface area contributed by atoms with Gasteiger partial charge in [0.05, 0.1) is 0 Å². The highest BCUT2D eigenvalue weighted by Crippen LogP contribution is 2.28. The van der Waals surface area contributed by atoms with Gasteiger partial charge in [-0.2, -0.15) is 0 Å². The molecule has 0 radical (unpaired) electrons. The quantitative estimate of drug-likeness (QED) is 0.921. The molecule has 2 aromatic carbocycles. The summed E-state index contributed by atoms with van der Waals surface area (Å²) >= 11 is 0. The highest BCUT2D eigenvalue weighted by atomic mass is 19.1. The van der Waals surface area contributed by atoms with Crippen molar-refractivity contribution in [1.29, 1.82) is 0 Å². The first-order chi connectivity index (χ1) is 11.9. The van der Waals surface area contributed by atoms with Crippen molar-refractivity contribution >= 4 is 5.91 Å². The summed E-state index contributed by atoms with van der Waals surface area (Å²) in [4.78, 5) is 14.5. The second-order valence-corrected chi connectivity index (χ2v) is 7.23. The summed E-state index contributed by atoms with van der Waals surface area (Å²) in [6.07, 6.45) is 0.869. The molecule has 0 spiro atoms. The monoisotopic (exact) mass is 340 g/mol. The lowest BCUT2D eigenvalue weighted by Gasteiger charge is -2.36. The number of nitrogens with zero attached hydrogens (tertiary/aromatic N) is 1. The first-order valence-electron chi connectivity index (χ1n) is 8.84. The molecule has 0 bridgehead atoms. The van der Waals surface area contributed by atoms with E-state index in [-0.39, 0.29) is 23.7 Å². The Labute approximate surface area is 148 Å². The van der Waals surface area contributed by atoms with E-state index in [4.69, 9.17) is 5.73 Å². The van der Waals surface area contributed by atoms with E-state index in [1.54, 1.807) is 4.90 Å². The minimum atomic E-state index is -0.338. The van der Waals surface area contributed by atoms with E-state index < -0.39 is 0 Å². The number of carbonyl (C=O) groups is 1. The molecule has 3 rings (SSSR count). The van der Waals surface area contributed by atoms with Crippen molar-refractivity contribution in [3.8, 4) is 0 Å². The van der Waals surface area contributed by atoms with Gasteiger partial charge in [-0.1, -0.05) is 38.1 Å². The molecule has 4 heteroatoms. The molecule has 1 amide bonds. The number of likely N-dealkylation sites (tertiary alicyclic amines) is 1. The van der Waals surface area contributed by atoms with Crippen LogP contribution in [-0.2, 0) is 0 Å². The van der Waals surface area contributed by atoms with Gasteiger partial charge in [-0.15, -0.1) is 0 Å². The highest BCUT2D eigenvalue weighted by molar-refractivity contribution is 5.94. The van der Waals surface area contributed by atoms with Crippen molar-refractivity contribution in [2.45, 2.75) is 38.1 Å². The van der Waals surface area contributed by atoms with Crippen LogP contribution < -0.4 is 5.73 Å². The summed E-state index contributed by atoms with van der Waals surface area (Å²) in [5.74, 6) is 0.308. The molecule has 1 fully saturated rings. The first-order valence-corrected chi connectivity index (χ1v) is 8.84. The van der Waals surface area contributed by atoms with Gasteiger partial charge in [0.25, 0.3) is 5.91 Å². The number of piperidine rings is 1. The Hall–Kier alpha value is -2.20. The second kappa shape index (κ2) is 7.36. The Morgan fingerprint density at radius 2 is 1.72 bits per heavy atom. The fourth-order valence-electron chi connectivity index (χ4n) is 3.47. The normalized spacial score (nSPS) is 20.8. The molecule has 132 valence electrons. The van der Waals surface area contributed by atoms with Crippen molar-refractivity contribution in [3.63, 3.8) is 0 Å². The lowest BCUT2D eigenvalue weighted by molar-refractivity contribution is 0.0689. The van der Waals surface area contributed by atoms with E-state index in [2.05, 4.69) is 38.1 Å². The van der Waals surface area contributed by atoms with Gasteiger partial charge >= 0.3 is 0 Å². The zero-order valence-corrected chi connectivity index (χ0v) is 14.8. The Morgan fingerprint density at radius 1 is 1.08 bits per heavy atom. The van der Waals surface area contributed by atoms with Crippen molar-refractivity contribution in [1.82, 2.24) is 4.90 Å². The summed E-state index contributed by atoms with van der Waals surface area (Å²) in [6.45, 7) is 5.53. The molecule has 0 aliphatic carbocycles. The Bertz CT molecular complexity index is 725. The molecular weight excluding hydrogens is 315 g/mol. The Kier molecular flexibility index (Phi) is 5.19. The van der Waals surface area contributed by atoms with E-state index in [9.17, 15) is 9.18 Å². The van der Waals surface area contributed by atoms with E-state index in [1.807, 2.05) is 0 Å². The average Bonchev–Trinajstić information content (AvgIpc) is 2.61. The van der Waals surface area contributed by atoms with Crippen molar-refractivity contribution < 1.29 is 9.18 Å². The predicted octanol–water partition coefficient (Wildman–Crippen LogP) is 3.91. The largest absolute Gasteiger partial charge is 0.336 e. The number of hydrogen-bond donors (Lipinski definition) is 1. The SMILES string of the molecule is CC(C)c1ccc(C2CC(N)CN(C(=O)c3ccc(F)cc3)C2)cc1. The fraction of sp³-hybridized carbons (Fsp3) is 0.381. The van der Waals surface area contributed by atoms with Crippen LogP contribution in [-0.4, -0.2) is 29.9 Å². The number of benzene rings is 2. The van der Waals surface area contributed by atoms with Crippen molar-refractivity contribution in [2.75, 3.05) is 13.1 Å². The lowest BCUT2D eigenvalue weighted by atomic mass is 9.87. The molecule has 0 saturated carbocycles. The van der Waals surface area contributed by atoms with Crippen molar-refractivity contribution in [2.24, 2.45) is 5.73 Å². The summed E-state index contributed by atoms with van der Waals surface area (Å²) in [7, 11) is 0. The molecule has 1 heterocycles. The molecule has 2 aromatic rings. The van der Waals surface area contributed by atoms with Crippen LogP contribution in [0.1, 0.15) is 53.6 Å². The van der Waals surface area contributed by atoms with Gasteiger partial charge in [0.15, 0.2) is 0 Å². The molecule has 1 aliphatic heterocycles. The topological polar surface area (TPSA) is 46.3 Å². The van der Waals surface area contributed by atoms with Gasteiger partial charge in [-0.05, 0) is 47.7 Å². The van der Waals surface area contributed by atoms with Crippen LogP contribution in [0.3, 0.4) is 0 Å². The van der Waals surface area contributed by atoms with Crippen LogP contribution >= 0.6 is 0 Å². The number of nitrogens with two attached hydrogens (primary N) is 1. The van der Waals surface area contributed by atoms with Gasteiger partial charge in [0.2, 0.25) is 0 Å². The number of hydrogen-bond acceptors (Lipinski definition) is 2. The smallest absolute Gasteiger partial charge is 0.253 e. The summed E-state index contributed by atoms with van der Waals surface area (Å²) < 4.78 is 13.1. The van der Waals surface area contributed by atoms with Crippen LogP contribution in [0.25, 0.3) is 0 Å². The summed E-state index contributed by atoms with van der Waals surface area (Å²) in [6, 6.07) is 14.3. The van der Waals surface area contributed by atoms with Gasteiger partial charge in [0.1, 0.15) is 5.82 Å². The highest BCUT2D eigenvalue weighted by Gasteiger charge is 2.29. The van der Waals surface area contributed by atoms with Crippen LogP contribution in [0.15, 0.2) is 48.5 Å². The minimum absolute atomic E-state index is 0.0482. The lowest BCUT2D eigenvalue weighted by Crippen LogP contribution is -2.48. The standard InChI is InChI=1S/C21H25FN2O/c1-14(2)15-3-5-16(6-4-15)18-11-20(23)13-24(12-18)21(25)17-7-9-19(22)10-8-17/h3-10,14,18,20H,11-13,23H2,1-2H3. The van der Waals surface area contributed by atoms with Gasteiger partial charge in [-0.3, -0.25) is 4.79 Å². The molecular formula is C21H25FN2O. The molecule has 1 saturated heterocycles. The Balaban J connectivity index is 1.76. The molecule has 2 N–H and O–H groups in total. The van der Waals surface area contributed by atoms with E-state index in [1.165, 1.54) is 35.4 Å². The number of carbonyl (C=O) groups excluding carboxylic acids is 1. The number of amides is 1. The minimum Gasteiger partial charge on any atom is -0.336 e. The molecule has 2 unspecified atom stereocenters. The van der Waals surface area contributed by atoms with Gasteiger partial charge in [0, 0.05) is 30.6 Å². The van der Waals surface area contributed by atoms with Crippen LogP contribution in [0.5, 0.6) is 0 Å². The predicted molar refractivity (Wildman–Crippen MR) is 98.2 cm³/mol. The van der Waals surface area contributed by atoms with Crippen molar-refractivity contribution in [3.05, 3.63) is 71.0 Å². The third-order valence-electron chi connectivity index (χ3n) is 4.94. The van der Waals surface area contributed by atoms with E-state index >= 15 is 0 Å². The van der Waals surface area contributed by atoms with Crippen LogP contribution in [0.2, 0.25) is 0 Å². The van der Waals surface area contributed by atoms with E-state index in [0.29, 0.717) is 24.6 Å². The zero-order chi connectivity index (χ0) is 18.0. The summed E-state index contributed by atoms with van der Waals surface area (Å²) in [5.41, 5.74) is 9.25. The molecule has 1 aliphatic rings. The van der Waals surface area contributed by atoms with Crippen LogP contribution in [0, 0.1) is 5.82 Å². The van der Waals surface area contributed by atoms with Gasteiger partial charge in [-0.25, -0.2) is 4.39 Å². The fourth-order valence-corrected chi connectivity index (χ4v) is 3.47. The van der Waals surface area contributed by atoms with Crippen LogP contribution in [0.4, 0.5) is 4.39 Å². The number of rotatable bonds is 3. The Morgan fingerprint density at radius 3 is 2.32 bits per heavy atom. The second-order valence-electron chi connectivity index (χ2n) is 7.23. The molecule has 25 heavy (non-hydrogen) atoms. The number of halogens is 1. The van der Waals surface area contributed by atoms with Gasteiger partial charge < -0.3 is 10.6 Å². The third kappa shape index (κ3) is 4.07. The third-order valence-corrected chi connectivity index (χ3v) is 4.94. The molecule has 0 aromatic heterocycles. The van der Waals surface area contributed by atoms with E-state index in [0.717, 1.165) is 6.42 Å². The average molecular weight is 340 g/mol. The maximum atomic E-state index is 13.1. The summed E-state index contributed by atoms with van der Waals surface area (Å²) in [5, 5.41) is 0. The maximum absolute atomic E-state index is 13.1. The molecule has 2 atom stereocenters. The zero-order valence-electron chi connectivity index (χ0n) is 14.8. The first kappa shape index (κ1) is 17.6.